The van der Waals surface area contributed by atoms with Gasteiger partial charge in [0.1, 0.15) is 24.2 Å². The lowest BCUT2D eigenvalue weighted by Gasteiger charge is -2.34. The molecule has 0 aliphatic heterocycles. The molecule has 0 aromatic heterocycles. The van der Waals surface area contributed by atoms with E-state index in [0.717, 1.165) is 15.4 Å². The van der Waals surface area contributed by atoms with Gasteiger partial charge in [-0.15, -0.1) is 0 Å². The van der Waals surface area contributed by atoms with Gasteiger partial charge in [0.05, 0.1) is 17.7 Å². The Morgan fingerprint density at radius 1 is 0.936 bits per heavy atom. The number of hydrogen-bond donors (Lipinski definition) is 1. The van der Waals surface area contributed by atoms with Crippen LogP contribution in [0.1, 0.15) is 30.5 Å². The number of hydrogen-bond acceptors (Lipinski definition) is 5. The summed E-state index contributed by atoms with van der Waals surface area (Å²) < 4.78 is 50.1. The van der Waals surface area contributed by atoms with E-state index in [1.807, 2.05) is 51.1 Å². The van der Waals surface area contributed by atoms with E-state index < -0.39 is 40.2 Å². The Kier molecular flexibility index (Phi) is 12.0. The standard InChI is InChI=1S/C36H39ClFN3O5S/c1-25(2)22-39-36(43)33(20-27-10-6-5-7-11-27)40(23-28-12-8-9-13-31(28)38)35(42)24-41(32-21-29(37)16-19-34(32)46-4)47(44,45)30-17-14-26(3)15-18-30/h5-19,21,25,33H,20,22-24H2,1-4H3,(H,39,43)/t33-/m1/s1. The van der Waals surface area contributed by atoms with Crippen molar-refractivity contribution in [1.82, 2.24) is 10.2 Å². The largest absolute Gasteiger partial charge is 0.495 e. The minimum absolute atomic E-state index is 0.0311. The van der Waals surface area contributed by atoms with Crippen molar-refractivity contribution in [3.05, 3.63) is 125 Å². The maximum absolute atomic E-state index is 15.1. The highest BCUT2D eigenvalue weighted by atomic mass is 35.5. The van der Waals surface area contributed by atoms with Gasteiger partial charge in [-0.1, -0.05) is 91.7 Å². The molecule has 0 radical (unpaired) electrons. The molecule has 0 spiro atoms. The van der Waals surface area contributed by atoms with Crippen LogP contribution in [0.25, 0.3) is 0 Å². The van der Waals surface area contributed by atoms with Crippen LogP contribution in [0.4, 0.5) is 10.1 Å². The highest BCUT2D eigenvalue weighted by Crippen LogP contribution is 2.35. The van der Waals surface area contributed by atoms with Crippen LogP contribution < -0.4 is 14.4 Å². The Morgan fingerprint density at radius 3 is 2.23 bits per heavy atom. The molecule has 0 heterocycles. The molecule has 4 rings (SSSR count). The summed E-state index contributed by atoms with van der Waals surface area (Å²) in [5.74, 6) is -1.45. The topological polar surface area (TPSA) is 96.0 Å². The molecular formula is C36H39ClFN3O5S. The number of nitrogens with one attached hydrogen (secondary N) is 1. The molecule has 0 aliphatic carbocycles. The molecule has 4 aromatic rings. The molecule has 0 unspecified atom stereocenters. The first-order valence-electron chi connectivity index (χ1n) is 15.2. The fourth-order valence-corrected chi connectivity index (χ4v) is 6.58. The summed E-state index contributed by atoms with van der Waals surface area (Å²) in [4.78, 5) is 29.6. The third-order valence-corrected chi connectivity index (χ3v) is 9.56. The predicted octanol–water partition coefficient (Wildman–Crippen LogP) is 6.40. The second-order valence-electron chi connectivity index (χ2n) is 11.6. The second kappa shape index (κ2) is 15.9. The fourth-order valence-electron chi connectivity index (χ4n) is 5.00. The van der Waals surface area contributed by atoms with Gasteiger partial charge in [0.25, 0.3) is 10.0 Å². The van der Waals surface area contributed by atoms with E-state index in [1.165, 1.54) is 54.5 Å². The number of rotatable bonds is 14. The van der Waals surface area contributed by atoms with Crippen LogP contribution in [-0.4, -0.2) is 51.4 Å². The number of carbonyl (C=O) groups excluding carboxylic acids is 2. The molecule has 11 heteroatoms. The number of halogens is 2. The van der Waals surface area contributed by atoms with Crippen molar-refractivity contribution in [2.24, 2.45) is 5.92 Å². The van der Waals surface area contributed by atoms with Crippen LogP contribution in [0.2, 0.25) is 5.02 Å². The lowest BCUT2D eigenvalue weighted by molar-refractivity contribution is -0.140. The Morgan fingerprint density at radius 2 is 1.60 bits per heavy atom. The summed E-state index contributed by atoms with van der Waals surface area (Å²) in [6.45, 7) is 5.05. The summed E-state index contributed by atoms with van der Waals surface area (Å²) in [7, 11) is -3.00. The van der Waals surface area contributed by atoms with Crippen molar-refractivity contribution in [3.63, 3.8) is 0 Å². The van der Waals surface area contributed by atoms with E-state index >= 15 is 4.39 Å². The van der Waals surface area contributed by atoms with E-state index in [0.29, 0.717) is 6.54 Å². The molecule has 0 saturated heterocycles. The summed E-state index contributed by atoms with van der Waals surface area (Å²) >= 11 is 6.33. The Hall–Kier alpha value is -4.41. The summed E-state index contributed by atoms with van der Waals surface area (Å²) in [6, 6.07) is 24.7. The minimum atomic E-state index is -4.38. The third kappa shape index (κ3) is 9.11. The van der Waals surface area contributed by atoms with E-state index in [2.05, 4.69) is 5.32 Å². The van der Waals surface area contributed by atoms with E-state index in [9.17, 15) is 18.0 Å². The lowest BCUT2D eigenvalue weighted by atomic mass is 10.0. The second-order valence-corrected chi connectivity index (χ2v) is 13.9. The molecule has 47 heavy (non-hydrogen) atoms. The zero-order valence-electron chi connectivity index (χ0n) is 26.8. The van der Waals surface area contributed by atoms with Crippen LogP contribution in [0.3, 0.4) is 0 Å². The Balaban J connectivity index is 1.86. The molecule has 2 amide bonds. The summed E-state index contributed by atoms with van der Waals surface area (Å²) in [5, 5.41) is 3.13. The maximum Gasteiger partial charge on any atom is 0.264 e. The number of carbonyl (C=O) groups is 2. The normalized spacial score (nSPS) is 12.0. The molecule has 0 bridgehead atoms. The lowest BCUT2D eigenvalue weighted by Crippen LogP contribution is -2.53. The van der Waals surface area contributed by atoms with E-state index in [4.69, 9.17) is 16.3 Å². The van der Waals surface area contributed by atoms with Gasteiger partial charge in [-0.2, -0.15) is 0 Å². The minimum Gasteiger partial charge on any atom is -0.495 e. The number of ether oxygens (including phenoxy) is 1. The number of sulfonamides is 1. The van der Waals surface area contributed by atoms with Crippen molar-refractivity contribution in [1.29, 1.82) is 0 Å². The van der Waals surface area contributed by atoms with Gasteiger partial charge in [-0.3, -0.25) is 13.9 Å². The third-order valence-electron chi connectivity index (χ3n) is 7.55. The maximum atomic E-state index is 15.1. The first kappa shape index (κ1) is 35.4. The number of amides is 2. The smallest absolute Gasteiger partial charge is 0.264 e. The van der Waals surface area contributed by atoms with Gasteiger partial charge in [0, 0.05) is 30.1 Å². The van der Waals surface area contributed by atoms with Crippen molar-refractivity contribution in [2.75, 3.05) is 24.5 Å². The molecule has 0 saturated carbocycles. The zero-order chi connectivity index (χ0) is 34.1. The van der Waals surface area contributed by atoms with Crippen LogP contribution in [0.5, 0.6) is 5.75 Å². The number of anilines is 1. The van der Waals surface area contributed by atoms with Gasteiger partial charge in [-0.05, 0) is 54.8 Å². The van der Waals surface area contributed by atoms with Crippen molar-refractivity contribution < 1.29 is 27.1 Å². The molecule has 0 aliphatic rings. The molecule has 8 nitrogen and oxygen atoms in total. The van der Waals surface area contributed by atoms with Crippen LogP contribution in [0, 0.1) is 18.7 Å². The monoisotopic (exact) mass is 679 g/mol. The van der Waals surface area contributed by atoms with Crippen molar-refractivity contribution in [3.8, 4) is 5.75 Å². The van der Waals surface area contributed by atoms with Gasteiger partial charge >= 0.3 is 0 Å². The molecule has 1 atom stereocenters. The fraction of sp³-hybridized carbons (Fsp3) is 0.278. The average molecular weight is 680 g/mol. The predicted molar refractivity (Wildman–Crippen MR) is 182 cm³/mol. The molecular weight excluding hydrogens is 641 g/mol. The SMILES string of the molecule is COc1ccc(Cl)cc1N(CC(=O)N(Cc1ccccc1F)[C@H](Cc1ccccc1)C(=O)NCC(C)C)S(=O)(=O)c1ccc(C)cc1. The number of nitrogens with zero attached hydrogens (tertiary/aromatic N) is 2. The van der Waals surface area contributed by atoms with Gasteiger partial charge < -0.3 is 15.0 Å². The van der Waals surface area contributed by atoms with Gasteiger partial charge in [0.2, 0.25) is 11.8 Å². The average Bonchev–Trinajstić information content (AvgIpc) is 3.05. The van der Waals surface area contributed by atoms with E-state index in [-0.39, 0.29) is 45.8 Å². The highest BCUT2D eigenvalue weighted by molar-refractivity contribution is 7.92. The molecule has 1 N–H and O–H groups in total. The number of benzene rings is 4. The first-order chi connectivity index (χ1) is 22.4. The van der Waals surface area contributed by atoms with Crippen LogP contribution >= 0.6 is 11.6 Å². The van der Waals surface area contributed by atoms with Gasteiger partial charge in [0.15, 0.2) is 0 Å². The van der Waals surface area contributed by atoms with Crippen molar-refractivity contribution in [2.45, 2.75) is 44.7 Å². The Bertz CT molecular complexity index is 1790. The quantitative estimate of drug-likeness (QED) is 0.166. The van der Waals surface area contributed by atoms with Crippen LogP contribution in [-0.2, 0) is 32.6 Å². The van der Waals surface area contributed by atoms with Gasteiger partial charge in [-0.25, -0.2) is 12.8 Å². The Labute approximate surface area is 281 Å². The first-order valence-corrected chi connectivity index (χ1v) is 17.0. The van der Waals surface area contributed by atoms with Crippen molar-refractivity contribution >= 4 is 39.1 Å². The van der Waals surface area contributed by atoms with Crippen LogP contribution in [0.15, 0.2) is 102 Å². The molecule has 0 fully saturated rings. The number of methoxy groups -OCH3 is 1. The highest BCUT2D eigenvalue weighted by Gasteiger charge is 2.36. The molecule has 4 aromatic carbocycles. The molecule has 248 valence electrons. The van der Waals surface area contributed by atoms with E-state index in [1.54, 1.807) is 24.3 Å². The summed E-state index contributed by atoms with van der Waals surface area (Å²) in [6.07, 6.45) is 0.107. The summed E-state index contributed by atoms with van der Waals surface area (Å²) in [5.41, 5.74) is 1.82. The zero-order valence-corrected chi connectivity index (χ0v) is 28.4. The number of aryl methyl sites for hydroxylation is 1.